The number of hydrogen-bond acceptors (Lipinski definition) is 3. The summed E-state index contributed by atoms with van der Waals surface area (Å²) in [5.74, 6) is 1.13. The van der Waals surface area contributed by atoms with Crippen molar-refractivity contribution in [3.63, 3.8) is 0 Å². The number of rotatable bonds is 4. The van der Waals surface area contributed by atoms with Crippen molar-refractivity contribution in [1.82, 2.24) is 0 Å². The number of hydrogen-bond donors (Lipinski definition) is 0. The predicted octanol–water partition coefficient (Wildman–Crippen LogP) is 5.60. The van der Waals surface area contributed by atoms with E-state index in [1.807, 2.05) is 79.7 Å². The Labute approximate surface area is 178 Å². The highest BCUT2D eigenvalue weighted by atomic mass is 79.9. The maximum absolute atomic E-state index is 13.3. The number of aliphatic imine (C=N–C) groups is 1. The minimum absolute atomic E-state index is 0.172. The van der Waals surface area contributed by atoms with E-state index in [1.54, 1.807) is 18.1 Å². The Morgan fingerprint density at radius 2 is 1.66 bits per heavy atom. The summed E-state index contributed by atoms with van der Waals surface area (Å²) in [6.45, 7) is 2.03. The number of halogens is 1. The zero-order valence-corrected chi connectivity index (χ0v) is 17.7. The average Bonchev–Trinajstić information content (AvgIpc) is 3.06. The molecule has 1 aliphatic rings. The lowest BCUT2D eigenvalue weighted by molar-refractivity contribution is -0.113. The third-order valence-electron chi connectivity index (χ3n) is 4.69. The van der Waals surface area contributed by atoms with Crippen LogP contribution in [0, 0.1) is 6.92 Å². The maximum Gasteiger partial charge on any atom is 0.282 e. The molecule has 0 N–H and O–H groups in total. The smallest absolute Gasteiger partial charge is 0.282 e. The molecule has 144 valence electrons. The van der Waals surface area contributed by atoms with Crippen molar-refractivity contribution in [2.24, 2.45) is 4.99 Å². The monoisotopic (exact) mass is 446 g/mol. The fraction of sp³-hybridized carbons (Fsp3) is 0.0833. The van der Waals surface area contributed by atoms with Crippen LogP contribution < -0.4 is 9.64 Å². The Bertz CT molecular complexity index is 1120. The average molecular weight is 447 g/mol. The molecule has 0 fully saturated rings. The van der Waals surface area contributed by atoms with Crippen molar-refractivity contribution in [2.75, 3.05) is 12.0 Å². The van der Waals surface area contributed by atoms with Gasteiger partial charge in [-0.1, -0.05) is 64.0 Å². The second kappa shape index (κ2) is 8.05. The van der Waals surface area contributed by atoms with Gasteiger partial charge in [0.15, 0.2) is 0 Å². The van der Waals surface area contributed by atoms with Gasteiger partial charge in [0, 0.05) is 15.6 Å². The first-order chi connectivity index (χ1) is 14.1. The topological polar surface area (TPSA) is 41.9 Å². The lowest BCUT2D eigenvalue weighted by Crippen LogP contribution is -2.32. The van der Waals surface area contributed by atoms with E-state index in [9.17, 15) is 4.79 Å². The maximum atomic E-state index is 13.3. The summed E-state index contributed by atoms with van der Waals surface area (Å²) >= 11 is 3.45. The molecule has 0 radical (unpaired) electrons. The molecular formula is C24H19BrN2O2. The lowest BCUT2D eigenvalue weighted by atomic mass is 10.1. The highest BCUT2D eigenvalue weighted by Gasteiger charge is 2.32. The second-order valence-electron chi connectivity index (χ2n) is 6.69. The summed E-state index contributed by atoms with van der Waals surface area (Å²) in [6, 6.07) is 23.2. The van der Waals surface area contributed by atoms with Crippen LogP contribution in [-0.4, -0.2) is 18.9 Å². The number of carbonyl (C=O) groups is 1. The summed E-state index contributed by atoms with van der Waals surface area (Å²) in [6.07, 6.45) is 1.77. The van der Waals surface area contributed by atoms with Crippen molar-refractivity contribution in [2.45, 2.75) is 6.92 Å². The number of carbonyl (C=O) groups excluding carboxylic acids is 1. The normalized spacial score (nSPS) is 15.0. The molecule has 1 amide bonds. The Morgan fingerprint density at radius 1 is 0.966 bits per heavy atom. The molecule has 0 aliphatic carbocycles. The van der Waals surface area contributed by atoms with E-state index < -0.39 is 0 Å². The van der Waals surface area contributed by atoms with Crippen LogP contribution in [0.2, 0.25) is 0 Å². The molecule has 0 saturated heterocycles. The van der Waals surface area contributed by atoms with Crippen LogP contribution in [0.4, 0.5) is 5.69 Å². The number of para-hydroxylation sites is 1. The van der Waals surface area contributed by atoms with Crippen LogP contribution in [0.5, 0.6) is 5.75 Å². The highest BCUT2D eigenvalue weighted by Crippen LogP contribution is 2.30. The molecule has 4 nitrogen and oxygen atoms in total. The highest BCUT2D eigenvalue weighted by molar-refractivity contribution is 9.10. The van der Waals surface area contributed by atoms with Crippen molar-refractivity contribution >= 4 is 39.4 Å². The van der Waals surface area contributed by atoms with E-state index >= 15 is 0 Å². The number of benzene rings is 3. The predicted molar refractivity (Wildman–Crippen MR) is 120 cm³/mol. The van der Waals surface area contributed by atoms with Crippen LogP contribution >= 0.6 is 15.9 Å². The van der Waals surface area contributed by atoms with Gasteiger partial charge in [-0.2, -0.15) is 0 Å². The van der Waals surface area contributed by atoms with Gasteiger partial charge in [0.2, 0.25) is 0 Å². The summed E-state index contributed by atoms with van der Waals surface area (Å²) in [5.41, 5.74) is 3.98. The van der Waals surface area contributed by atoms with Crippen molar-refractivity contribution in [3.05, 3.63) is 99.7 Å². The van der Waals surface area contributed by atoms with E-state index in [0.717, 1.165) is 26.9 Å². The molecule has 0 aromatic heterocycles. The molecule has 0 spiro atoms. The molecule has 0 bridgehead atoms. The number of amides is 1. The first-order valence-corrected chi connectivity index (χ1v) is 9.96. The summed E-state index contributed by atoms with van der Waals surface area (Å²) in [7, 11) is 1.61. The molecule has 5 heteroatoms. The molecule has 29 heavy (non-hydrogen) atoms. The van der Waals surface area contributed by atoms with Crippen LogP contribution in [0.3, 0.4) is 0 Å². The van der Waals surface area contributed by atoms with Crippen LogP contribution in [0.1, 0.15) is 16.7 Å². The van der Waals surface area contributed by atoms with Gasteiger partial charge in [0.05, 0.1) is 12.8 Å². The Kier molecular flexibility index (Phi) is 5.32. The Hall–Kier alpha value is -3.18. The third-order valence-corrected chi connectivity index (χ3v) is 5.21. The zero-order chi connectivity index (χ0) is 20.4. The Morgan fingerprint density at radius 3 is 2.34 bits per heavy atom. The Balaban J connectivity index is 1.83. The van der Waals surface area contributed by atoms with E-state index in [2.05, 4.69) is 15.9 Å². The van der Waals surface area contributed by atoms with Gasteiger partial charge in [0.1, 0.15) is 17.3 Å². The molecule has 1 aliphatic heterocycles. The molecule has 0 unspecified atom stereocenters. The minimum Gasteiger partial charge on any atom is -0.496 e. The summed E-state index contributed by atoms with van der Waals surface area (Å²) < 4.78 is 6.37. The van der Waals surface area contributed by atoms with Gasteiger partial charge in [-0.3, -0.25) is 9.69 Å². The SMILES string of the molecule is COc1ccccc1/C=C1/N=C(c2ccc(C)cc2)N(c2ccc(Br)cc2)C1=O. The quantitative estimate of drug-likeness (QED) is 0.489. The number of ether oxygens (including phenoxy) is 1. The molecule has 4 rings (SSSR count). The third kappa shape index (κ3) is 3.87. The van der Waals surface area contributed by atoms with Gasteiger partial charge < -0.3 is 4.74 Å². The van der Waals surface area contributed by atoms with Crippen LogP contribution in [0.15, 0.2) is 88.0 Å². The lowest BCUT2D eigenvalue weighted by Gasteiger charge is -2.18. The summed E-state index contributed by atoms with van der Waals surface area (Å²) in [5, 5.41) is 0. The van der Waals surface area contributed by atoms with Crippen molar-refractivity contribution < 1.29 is 9.53 Å². The number of anilines is 1. The fourth-order valence-electron chi connectivity index (χ4n) is 3.18. The van der Waals surface area contributed by atoms with E-state index in [-0.39, 0.29) is 5.91 Å². The molecule has 3 aromatic rings. The number of amidine groups is 1. The molecule has 0 saturated carbocycles. The van der Waals surface area contributed by atoms with E-state index in [1.165, 1.54) is 0 Å². The largest absolute Gasteiger partial charge is 0.496 e. The van der Waals surface area contributed by atoms with Gasteiger partial charge in [-0.05, 0) is 43.3 Å². The molecule has 0 atom stereocenters. The number of aryl methyl sites for hydroxylation is 1. The first-order valence-electron chi connectivity index (χ1n) is 9.17. The van der Waals surface area contributed by atoms with Gasteiger partial charge in [-0.15, -0.1) is 0 Å². The van der Waals surface area contributed by atoms with Crippen LogP contribution in [0.25, 0.3) is 6.08 Å². The second-order valence-corrected chi connectivity index (χ2v) is 7.61. The first kappa shape index (κ1) is 19.2. The fourth-order valence-corrected chi connectivity index (χ4v) is 3.44. The zero-order valence-electron chi connectivity index (χ0n) is 16.1. The summed E-state index contributed by atoms with van der Waals surface area (Å²) in [4.78, 5) is 19.7. The standard InChI is InChI=1S/C24H19BrN2O2/c1-16-7-9-17(10-8-16)23-26-21(15-18-5-3-4-6-22(18)29-2)24(28)27(23)20-13-11-19(25)12-14-20/h3-15H,1-2H3/b21-15+. The molecule has 3 aromatic carbocycles. The van der Waals surface area contributed by atoms with Gasteiger partial charge in [-0.25, -0.2) is 4.99 Å². The van der Waals surface area contributed by atoms with E-state index in [0.29, 0.717) is 17.3 Å². The van der Waals surface area contributed by atoms with Gasteiger partial charge >= 0.3 is 0 Å². The van der Waals surface area contributed by atoms with Gasteiger partial charge in [0.25, 0.3) is 5.91 Å². The van der Waals surface area contributed by atoms with Crippen molar-refractivity contribution in [3.8, 4) is 5.75 Å². The van der Waals surface area contributed by atoms with Crippen molar-refractivity contribution in [1.29, 1.82) is 0 Å². The van der Waals surface area contributed by atoms with E-state index in [4.69, 9.17) is 9.73 Å². The minimum atomic E-state index is -0.172. The molecule has 1 heterocycles. The van der Waals surface area contributed by atoms with Crippen LogP contribution in [-0.2, 0) is 4.79 Å². The number of methoxy groups -OCH3 is 1. The molecular weight excluding hydrogens is 428 g/mol. The number of nitrogens with zero attached hydrogens (tertiary/aromatic N) is 2.